The van der Waals surface area contributed by atoms with E-state index in [1.807, 2.05) is 5.43 Å². The van der Waals surface area contributed by atoms with Crippen LogP contribution in [-0.4, -0.2) is 26.7 Å². The van der Waals surface area contributed by atoms with Gasteiger partial charge in [0, 0.05) is 18.6 Å². The first-order valence-electron chi connectivity index (χ1n) is 6.23. The van der Waals surface area contributed by atoms with E-state index in [1.54, 1.807) is 0 Å². The van der Waals surface area contributed by atoms with Crippen molar-refractivity contribution in [3.8, 4) is 0 Å². The molecule has 11 nitrogen and oxygen atoms in total. The first-order valence-corrected chi connectivity index (χ1v) is 6.23. The number of nitro groups is 1. The van der Waals surface area contributed by atoms with Gasteiger partial charge >= 0.3 is 11.1 Å². The molecule has 0 bridgehead atoms. The molecule has 0 spiro atoms. The highest BCUT2D eigenvalue weighted by molar-refractivity contribution is 6.07. The standard InChI is InChI=1S/C12H11N5O6/c1-4-7(17(22)23)3-6-9(14-12(21)11(20)13-6)8(4)10(19)16-15-5(2)18/h3H,1-2H3,(H,13,20)(H,14,21)(H,15,18)(H,16,19). The topological polar surface area (TPSA) is 167 Å². The fourth-order valence-electron chi connectivity index (χ4n) is 2.03. The average molecular weight is 321 g/mol. The predicted octanol–water partition coefficient (Wildman–Crippen LogP) is -0.786. The lowest BCUT2D eigenvalue weighted by Crippen LogP contribution is -2.41. The summed E-state index contributed by atoms with van der Waals surface area (Å²) in [5.74, 6) is -1.44. The Hall–Kier alpha value is -3.50. The molecule has 0 fully saturated rings. The van der Waals surface area contributed by atoms with E-state index in [1.165, 1.54) is 6.92 Å². The van der Waals surface area contributed by atoms with Crippen LogP contribution in [0.1, 0.15) is 22.8 Å². The summed E-state index contributed by atoms with van der Waals surface area (Å²) in [7, 11) is 0. The zero-order chi connectivity index (χ0) is 17.3. The van der Waals surface area contributed by atoms with Gasteiger partial charge in [-0.25, -0.2) is 0 Å². The highest BCUT2D eigenvalue weighted by atomic mass is 16.6. The summed E-state index contributed by atoms with van der Waals surface area (Å²) in [6.45, 7) is 2.46. The van der Waals surface area contributed by atoms with Crippen LogP contribution in [0, 0.1) is 17.0 Å². The molecule has 1 heterocycles. The van der Waals surface area contributed by atoms with Crippen molar-refractivity contribution >= 4 is 28.5 Å². The Balaban J connectivity index is 2.80. The Kier molecular flexibility index (Phi) is 3.94. The highest BCUT2D eigenvalue weighted by Gasteiger charge is 2.24. The summed E-state index contributed by atoms with van der Waals surface area (Å²) in [5, 5.41) is 11.1. The third kappa shape index (κ3) is 2.92. The van der Waals surface area contributed by atoms with Gasteiger partial charge in [-0.15, -0.1) is 0 Å². The van der Waals surface area contributed by atoms with E-state index in [9.17, 15) is 29.3 Å². The second-order valence-electron chi connectivity index (χ2n) is 4.62. The number of hydrazine groups is 1. The smallest absolute Gasteiger partial charge is 0.314 e. The molecule has 0 unspecified atom stereocenters. The molecular formula is C12H11N5O6. The number of carbonyl (C=O) groups excluding carboxylic acids is 2. The molecule has 23 heavy (non-hydrogen) atoms. The number of hydrogen-bond donors (Lipinski definition) is 4. The zero-order valence-electron chi connectivity index (χ0n) is 12.0. The summed E-state index contributed by atoms with van der Waals surface area (Å²) < 4.78 is 0. The molecule has 1 aromatic heterocycles. The van der Waals surface area contributed by atoms with Gasteiger partial charge in [-0.2, -0.15) is 0 Å². The molecule has 0 saturated carbocycles. The Morgan fingerprint density at radius 1 is 1.17 bits per heavy atom. The molecule has 0 aliphatic carbocycles. The maximum absolute atomic E-state index is 12.2. The predicted molar refractivity (Wildman–Crippen MR) is 77.9 cm³/mol. The van der Waals surface area contributed by atoms with Gasteiger partial charge in [-0.1, -0.05) is 0 Å². The summed E-state index contributed by atoms with van der Waals surface area (Å²) >= 11 is 0. The van der Waals surface area contributed by atoms with Gasteiger partial charge in [-0.05, 0) is 6.92 Å². The van der Waals surface area contributed by atoms with Crippen molar-refractivity contribution in [2.24, 2.45) is 0 Å². The molecule has 2 aromatic rings. The van der Waals surface area contributed by atoms with Crippen LogP contribution in [0.4, 0.5) is 5.69 Å². The number of rotatable bonds is 2. The van der Waals surface area contributed by atoms with Gasteiger partial charge < -0.3 is 9.97 Å². The monoisotopic (exact) mass is 321 g/mol. The van der Waals surface area contributed by atoms with E-state index in [0.717, 1.165) is 13.0 Å². The SMILES string of the molecule is CC(=O)NNC(=O)c1c(C)c([N+](=O)[O-])cc2[nH]c(=O)c(=O)[nH]c12. The fraction of sp³-hybridized carbons (Fsp3) is 0.167. The third-order valence-corrected chi connectivity index (χ3v) is 3.03. The Labute approximate surface area is 126 Å². The van der Waals surface area contributed by atoms with Crippen molar-refractivity contribution < 1.29 is 14.5 Å². The number of carbonyl (C=O) groups is 2. The zero-order valence-corrected chi connectivity index (χ0v) is 12.0. The minimum absolute atomic E-state index is 0.0342. The van der Waals surface area contributed by atoms with Gasteiger partial charge in [0.25, 0.3) is 11.6 Å². The number of hydrogen-bond acceptors (Lipinski definition) is 6. The van der Waals surface area contributed by atoms with E-state index >= 15 is 0 Å². The minimum atomic E-state index is -1.01. The number of nitrogens with zero attached hydrogens (tertiary/aromatic N) is 1. The maximum atomic E-state index is 12.2. The summed E-state index contributed by atoms with van der Waals surface area (Å²) in [4.78, 5) is 60.6. The van der Waals surface area contributed by atoms with Crippen LogP contribution in [0.25, 0.3) is 11.0 Å². The molecule has 2 rings (SSSR count). The average Bonchev–Trinajstić information content (AvgIpc) is 2.46. The second-order valence-corrected chi connectivity index (χ2v) is 4.62. The van der Waals surface area contributed by atoms with Crippen molar-refractivity contribution in [2.45, 2.75) is 13.8 Å². The molecule has 4 N–H and O–H groups in total. The van der Waals surface area contributed by atoms with Crippen LogP contribution in [0.5, 0.6) is 0 Å². The van der Waals surface area contributed by atoms with E-state index in [2.05, 4.69) is 15.4 Å². The van der Waals surface area contributed by atoms with E-state index < -0.39 is 33.5 Å². The lowest BCUT2D eigenvalue weighted by molar-refractivity contribution is -0.385. The highest BCUT2D eigenvalue weighted by Crippen LogP contribution is 2.27. The number of H-pyrrole nitrogens is 2. The molecule has 0 saturated heterocycles. The van der Waals surface area contributed by atoms with Crippen LogP contribution in [-0.2, 0) is 4.79 Å². The van der Waals surface area contributed by atoms with E-state index in [0.29, 0.717) is 0 Å². The molecule has 0 aliphatic heterocycles. The molecule has 120 valence electrons. The molecule has 0 aliphatic rings. The normalized spacial score (nSPS) is 10.3. The molecule has 0 atom stereocenters. The first-order chi connectivity index (χ1) is 10.7. The number of aromatic amines is 2. The van der Waals surface area contributed by atoms with Gasteiger partial charge in [0.15, 0.2) is 0 Å². The third-order valence-electron chi connectivity index (χ3n) is 3.03. The summed E-state index contributed by atoms with van der Waals surface area (Å²) in [6, 6.07) is 1.04. The molecule has 11 heteroatoms. The maximum Gasteiger partial charge on any atom is 0.314 e. The van der Waals surface area contributed by atoms with Crippen LogP contribution in [0.2, 0.25) is 0 Å². The van der Waals surface area contributed by atoms with Crippen LogP contribution in [0.3, 0.4) is 0 Å². The Morgan fingerprint density at radius 2 is 1.78 bits per heavy atom. The molecular weight excluding hydrogens is 310 g/mol. The van der Waals surface area contributed by atoms with Gasteiger partial charge in [0.05, 0.1) is 21.5 Å². The van der Waals surface area contributed by atoms with E-state index in [4.69, 9.17) is 0 Å². The molecule has 0 radical (unpaired) electrons. The lowest BCUT2D eigenvalue weighted by atomic mass is 10.0. The number of aromatic nitrogens is 2. The number of nitro benzene ring substituents is 1. The number of fused-ring (bicyclic) bond motifs is 1. The number of amides is 2. The van der Waals surface area contributed by atoms with Gasteiger partial charge in [-0.3, -0.25) is 40.1 Å². The number of benzene rings is 1. The van der Waals surface area contributed by atoms with Crippen molar-refractivity contribution in [3.05, 3.63) is 48.0 Å². The van der Waals surface area contributed by atoms with Crippen molar-refractivity contribution in [1.29, 1.82) is 0 Å². The second kappa shape index (κ2) is 5.71. The van der Waals surface area contributed by atoms with Gasteiger partial charge in [0.1, 0.15) is 0 Å². The van der Waals surface area contributed by atoms with Gasteiger partial charge in [0.2, 0.25) is 5.91 Å². The number of nitrogens with one attached hydrogen (secondary N) is 4. The van der Waals surface area contributed by atoms with E-state index in [-0.39, 0.29) is 22.2 Å². The van der Waals surface area contributed by atoms with Crippen molar-refractivity contribution in [3.63, 3.8) is 0 Å². The fourth-order valence-corrected chi connectivity index (χ4v) is 2.03. The Bertz CT molecular complexity index is 957. The van der Waals surface area contributed by atoms with Crippen LogP contribution in [0.15, 0.2) is 15.7 Å². The summed E-state index contributed by atoms with van der Waals surface area (Å²) in [6.07, 6.45) is 0. The molecule has 2 amide bonds. The first kappa shape index (κ1) is 15.9. The quantitative estimate of drug-likeness (QED) is 0.321. The van der Waals surface area contributed by atoms with Crippen molar-refractivity contribution in [2.75, 3.05) is 0 Å². The van der Waals surface area contributed by atoms with Crippen LogP contribution >= 0.6 is 0 Å². The lowest BCUT2D eigenvalue weighted by Gasteiger charge is -2.11. The summed E-state index contributed by atoms with van der Waals surface area (Å²) in [5.41, 5.74) is 1.21. The largest absolute Gasteiger partial charge is 0.316 e. The van der Waals surface area contributed by atoms with Crippen LogP contribution < -0.4 is 22.0 Å². The Morgan fingerprint density at radius 3 is 2.35 bits per heavy atom. The van der Waals surface area contributed by atoms with Crippen molar-refractivity contribution in [1.82, 2.24) is 20.8 Å². The molecule has 1 aromatic carbocycles. The minimum Gasteiger partial charge on any atom is -0.316 e.